The van der Waals surface area contributed by atoms with Crippen molar-refractivity contribution in [3.8, 4) is 0 Å². The Morgan fingerprint density at radius 3 is 2.67 bits per heavy atom. The van der Waals surface area contributed by atoms with Gasteiger partial charge >= 0.3 is 5.97 Å². The van der Waals surface area contributed by atoms with E-state index in [0.29, 0.717) is 0 Å². The molecule has 0 aromatic carbocycles. The normalized spacial score (nSPS) is 10.5. The smallest absolute Gasteiger partial charge is 0.356 e. The molecular formula is C8H5BrF2INO2. The van der Waals surface area contributed by atoms with Crippen LogP contribution < -0.4 is 0 Å². The standard InChI is InChI=1S/C8H5BrF2INO2/c1-15-8(14)4-2-3(12)5(7(10)11)6(9)13-4/h2,7H,1H3. The van der Waals surface area contributed by atoms with E-state index in [2.05, 4.69) is 25.7 Å². The topological polar surface area (TPSA) is 39.2 Å². The predicted octanol–water partition coefficient (Wildman–Crippen LogP) is 3.17. The van der Waals surface area contributed by atoms with E-state index >= 15 is 0 Å². The Hall–Kier alpha value is -0.310. The zero-order chi connectivity index (χ0) is 11.6. The third kappa shape index (κ3) is 2.83. The summed E-state index contributed by atoms with van der Waals surface area (Å²) in [6, 6.07) is 1.26. The van der Waals surface area contributed by atoms with Crippen LogP contribution in [0.25, 0.3) is 0 Å². The van der Waals surface area contributed by atoms with Crippen LogP contribution in [0.4, 0.5) is 8.78 Å². The van der Waals surface area contributed by atoms with E-state index in [1.807, 2.05) is 0 Å². The van der Waals surface area contributed by atoms with Gasteiger partial charge in [0.05, 0.1) is 12.7 Å². The van der Waals surface area contributed by atoms with E-state index in [4.69, 9.17) is 0 Å². The molecule has 1 heterocycles. The fourth-order valence-corrected chi connectivity index (χ4v) is 2.63. The summed E-state index contributed by atoms with van der Waals surface area (Å²) in [5, 5.41) is 0. The lowest BCUT2D eigenvalue weighted by molar-refractivity contribution is 0.0593. The van der Waals surface area contributed by atoms with Gasteiger partial charge in [-0.25, -0.2) is 18.6 Å². The first-order valence-corrected chi connectivity index (χ1v) is 5.57. The van der Waals surface area contributed by atoms with Gasteiger partial charge in [0.1, 0.15) is 4.60 Å². The van der Waals surface area contributed by atoms with E-state index in [9.17, 15) is 13.6 Å². The number of hydrogen-bond acceptors (Lipinski definition) is 3. The quantitative estimate of drug-likeness (QED) is 0.441. The van der Waals surface area contributed by atoms with Gasteiger partial charge in [0.2, 0.25) is 0 Å². The summed E-state index contributed by atoms with van der Waals surface area (Å²) >= 11 is 4.61. The average Bonchev–Trinajstić information content (AvgIpc) is 2.14. The van der Waals surface area contributed by atoms with E-state index in [1.165, 1.54) is 13.2 Å². The van der Waals surface area contributed by atoms with Crippen LogP contribution in [0.15, 0.2) is 10.7 Å². The molecule has 1 rings (SSSR count). The van der Waals surface area contributed by atoms with Gasteiger partial charge in [-0.1, -0.05) is 0 Å². The fourth-order valence-electron chi connectivity index (χ4n) is 0.898. The number of carbonyl (C=O) groups excluding carboxylic acids is 1. The number of pyridine rings is 1. The highest BCUT2D eigenvalue weighted by Crippen LogP contribution is 2.30. The number of ether oxygens (including phenoxy) is 1. The minimum atomic E-state index is -2.63. The second kappa shape index (κ2) is 5.15. The van der Waals surface area contributed by atoms with Crippen LogP contribution in [0.5, 0.6) is 0 Å². The first-order chi connectivity index (χ1) is 6.97. The van der Waals surface area contributed by atoms with Crippen molar-refractivity contribution >= 4 is 44.5 Å². The lowest BCUT2D eigenvalue weighted by Crippen LogP contribution is -2.07. The minimum Gasteiger partial charge on any atom is -0.464 e. The number of methoxy groups -OCH3 is 1. The van der Waals surface area contributed by atoms with Crippen LogP contribution in [-0.4, -0.2) is 18.1 Å². The minimum absolute atomic E-state index is 0.00169. The molecule has 0 unspecified atom stereocenters. The lowest BCUT2D eigenvalue weighted by Gasteiger charge is -2.07. The third-order valence-electron chi connectivity index (χ3n) is 1.57. The number of alkyl halides is 2. The SMILES string of the molecule is COC(=O)c1cc(I)c(C(F)F)c(Br)n1. The molecule has 15 heavy (non-hydrogen) atoms. The Kier molecular flexibility index (Phi) is 4.38. The molecule has 1 aromatic heterocycles. The summed E-state index contributed by atoms with van der Waals surface area (Å²) in [5.41, 5.74) is -0.221. The molecule has 0 bridgehead atoms. The molecule has 0 radical (unpaired) electrons. The Bertz CT molecular complexity index is 377. The summed E-state index contributed by atoms with van der Waals surface area (Å²) in [6.45, 7) is 0. The maximum Gasteiger partial charge on any atom is 0.356 e. The highest BCUT2D eigenvalue weighted by atomic mass is 127. The number of hydrogen-bond donors (Lipinski definition) is 0. The second-order valence-corrected chi connectivity index (χ2v) is 4.40. The molecule has 0 spiro atoms. The van der Waals surface area contributed by atoms with Gasteiger partial charge in [0.25, 0.3) is 6.43 Å². The van der Waals surface area contributed by atoms with Crippen molar-refractivity contribution in [3.63, 3.8) is 0 Å². The Balaban J connectivity index is 3.25. The van der Waals surface area contributed by atoms with Crippen LogP contribution in [0.3, 0.4) is 0 Å². The van der Waals surface area contributed by atoms with Crippen LogP contribution in [-0.2, 0) is 4.74 Å². The summed E-state index contributed by atoms with van der Waals surface area (Å²) in [5.74, 6) is -0.658. The molecule has 0 fully saturated rings. The summed E-state index contributed by atoms with van der Waals surface area (Å²) in [6.07, 6.45) is -2.63. The molecule has 0 saturated heterocycles. The average molecular weight is 392 g/mol. The van der Waals surface area contributed by atoms with Gasteiger partial charge < -0.3 is 4.74 Å². The van der Waals surface area contributed by atoms with E-state index in [-0.39, 0.29) is 19.4 Å². The summed E-state index contributed by atoms with van der Waals surface area (Å²) < 4.78 is 29.7. The van der Waals surface area contributed by atoms with Gasteiger partial charge in [-0.05, 0) is 44.6 Å². The number of halogens is 4. The van der Waals surface area contributed by atoms with Crippen molar-refractivity contribution in [2.24, 2.45) is 0 Å². The first-order valence-electron chi connectivity index (χ1n) is 3.69. The molecular weight excluding hydrogens is 387 g/mol. The van der Waals surface area contributed by atoms with Crippen molar-refractivity contribution in [2.75, 3.05) is 7.11 Å². The van der Waals surface area contributed by atoms with Gasteiger partial charge in [0.15, 0.2) is 5.69 Å². The predicted molar refractivity (Wildman–Crippen MR) is 61.0 cm³/mol. The summed E-state index contributed by atoms with van der Waals surface area (Å²) in [4.78, 5) is 14.8. The van der Waals surface area contributed by atoms with Crippen LogP contribution in [0, 0.1) is 3.57 Å². The fraction of sp³-hybridized carbons (Fsp3) is 0.250. The number of nitrogens with zero attached hydrogens (tertiary/aromatic N) is 1. The molecule has 0 aliphatic heterocycles. The molecule has 0 atom stereocenters. The molecule has 0 N–H and O–H groups in total. The van der Waals surface area contributed by atoms with E-state index in [0.717, 1.165) is 0 Å². The van der Waals surface area contributed by atoms with Gasteiger partial charge in [-0.15, -0.1) is 0 Å². The van der Waals surface area contributed by atoms with Gasteiger partial charge in [-0.3, -0.25) is 0 Å². The maximum absolute atomic E-state index is 12.5. The van der Waals surface area contributed by atoms with Crippen molar-refractivity contribution in [1.82, 2.24) is 4.98 Å². The van der Waals surface area contributed by atoms with Crippen LogP contribution in [0.1, 0.15) is 22.5 Å². The van der Waals surface area contributed by atoms with Crippen LogP contribution >= 0.6 is 38.5 Å². The maximum atomic E-state index is 12.5. The molecule has 82 valence electrons. The van der Waals surface area contributed by atoms with Gasteiger partial charge in [-0.2, -0.15) is 0 Å². The van der Waals surface area contributed by atoms with Gasteiger partial charge in [0, 0.05) is 3.57 Å². The Labute approximate surface area is 106 Å². The van der Waals surface area contributed by atoms with Crippen molar-refractivity contribution in [1.29, 1.82) is 0 Å². The highest BCUT2D eigenvalue weighted by Gasteiger charge is 2.20. The Morgan fingerprint density at radius 1 is 1.67 bits per heavy atom. The molecule has 0 aliphatic rings. The lowest BCUT2D eigenvalue weighted by atomic mass is 10.2. The zero-order valence-corrected chi connectivity index (χ0v) is 11.2. The molecule has 7 heteroatoms. The van der Waals surface area contributed by atoms with E-state index < -0.39 is 12.4 Å². The molecule has 0 saturated carbocycles. The van der Waals surface area contributed by atoms with Crippen molar-refractivity contribution in [2.45, 2.75) is 6.43 Å². The summed E-state index contributed by atoms with van der Waals surface area (Å²) in [7, 11) is 1.20. The second-order valence-electron chi connectivity index (χ2n) is 2.49. The number of esters is 1. The molecule has 3 nitrogen and oxygen atoms in total. The molecule has 0 aliphatic carbocycles. The number of aromatic nitrogens is 1. The highest BCUT2D eigenvalue weighted by molar-refractivity contribution is 14.1. The van der Waals surface area contributed by atoms with Crippen molar-refractivity contribution in [3.05, 3.63) is 25.5 Å². The number of carbonyl (C=O) groups is 1. The largest absolute Gasteiger partial charge is 0.464 e. The van der Waals surface area contributed by atoms with Crippen LogP contribution in [0.2, 0.25) is 0 Å². The number of rotatable bonds is 2. The monoisotopic (exact) mass is 391 g/mol. The third-order valence-corrected chi connectivity index (χ3v) is 3.07. The molecule has 1 aromatic rings. The zero-order valence-electron chi connectivity index (χ0n) is 7.43. The van der Waals surface area contributed by atoms with E-state index in [1.54, 1.807) is 22.6 Å². The molecule has 0 amide bonds. The van der Waals surface area contributed by atoms with Crippen molar-refractivity contribution < 1.29 is 18.3 Å². The Morgan fingerprint density at radius 2 is 2.27 bits per heavy atom. The first kappa shape index (κ1) is 12.8.